The van der Waals surface area contributed by atoms with Crippen LogP contribution in [0.5, 0.6) is 5.75 Å². The van der Waals surface area contributed by atoms with E-state index in [1.54, 1.807) is 27.4 Å². The number of hydrogen-bond acceptors (Lipinski definition) is 9. The number of methoxy groups -OCH3 is 2. The normalized spacial score (nSPS) is 30.9. The molecule has 2 aromatic carbocycles. The average Bonchev–Trinajstić information content (AvgIpc) is 3.34. The smallest absolute Gasteiger partial charge is 0.263 e. The summed E-state index contributed by atoms with van der Waals surface area (Å²) in [5.41, 5.74) is 3.99. The molecule has 2 bridgehead atoms. The number of nitrogens with one attached hydrogen (secondary N) is 1. The van der Waals surface area contributed by atoms with E-state index in [4.69, 9.17) is 25.8 Å². The number of aryl methyl sites for hydroxylation is 1. The Morgan fingerprint density at radius 3 is 2.62 bits per heavy atom. The molecule has 2 saturated heterocycles. The van der Waals surface area contributed by atoms with Gasteiger partial charge in [0.05, 0.1) is 37.4 Å². The van der Waals surface area contributed by atoms with Gasteiger partial charge in [-0.2, -0.15) is 0 Å². The fraction of sp³-hybridized carbons (Fsp3) is 0.651. The Hall–Kier alpha value is -2.51. The number of anilines is 1. The van der Waals surface area contributed by atoms with Gasteiger partial charge in [-0.3, -0.25) is 19.3 Å². The van der Waals surface area contributed by atoms with Gasteiger partial charge in [0.2, 0.25) is 0 Å². The van der Waals surface area contributed by atoms with Gasteiger partial charge in [-0.25, -0.2) is 4.21 Å². The van der Waals surface area contributed by atoms with Gasteiger partial charge < -0.3 is 23.8 Å². The molecule has 1 aliphatic carbocycles. The lowest BCUT2D eigenvalue weighted by Gasteiger charge is -2.48. The van der Waals surface area contributed by atoms with Crippen molar-refractivity contribution < 1.29 is 28.0 Å². The van der Waals surface area contributed by atoms with E-state index in [1.165, 1.54) is 24.0 Å². The molecule has 2 aromatic rings. The van der Waals surface area contributed by atoms with Crippen LogP contribution in [0, 0.1) is 23.7 Å². The summed E-state index contributed by atoms with van der Waals surface area (Å²) in [6.07, 6.45) is 9.96. The lowest BCUT2D eigenvalue weighted by atomic mass is 9.66. The van der Waals surface area contributed by atoms with E-state index in [-0.39, 0.29) is 23.0 Å². The van der Waals surface area contributed by atoms with E-state index in [9.17, 15) is 9.00 Å². The highest BCUT2D eigenvalue weighted by atomic mass is 35.5. The first kappa shape index (κ1) is 42.1. The summed E-state index contributed by atoms with van der Waals surface area (Å²) in [6.45, 7) is 13.8. The van der Waals surface area contributed by atoms with Crippen LogP contribution in [0.4, 0.5) is 5.69 Å². The van der Waals surface area contributed by atoms with Crippen LogP contribution in [0.1, 0.15) is 66.9 Å². The topological polar surface area (TPSA) is 92.8 Å². The highest BCUT2D eigenvalue weighted by Gasteiger charge is 2.40. The van der Waals surface area contributed by atoms with Crippen molar-refractivity contribution in [2.45, 2.75) is 63.2 Å². The van der Waals surface area contributed by atoms with Crippen LogP contribution >= 0.6 is 11.6 Å². The van der Waals surface area contributed by atoms with E-state index in [0.29, 0.717) is 42.6 Å². The number of hydrogen-bond donors (Lipinski definition) is 1. The summed E-state index contributed by atoms with van der Waals surface area (Å²) in [5, 5.41) is 0.429. The molecular formula is C43H63ClN4O6S. The Balaban J connectivity index is 0.00000166. The van der Waals surface area contributed by atoms with E-state index in [1.807, 2.05) is 18.2 Å². The first-order valence-corrected chi connectivity index (χ1v) is 21.9. The van der Waals surface area contributed by atoms with Crippen molar-refractivity contribution in [2.24, 2.45) is 23.7 Å². The highest BCUT2D eigenvalue weighted by molar-refractivity contribution is 7.84. The molecular weight excluding hydrogens is 736 g/mol. The van der Waals surface area contributed by atoms with Crippen LogP contribution in [-0.2, 0) is 31.6 Å². The number of morpholine rings is 1. The van der Waals surface area contributed by atoms with E-state index >= 15 is 0 Å². The van der Waals surface area contributed by atoms with Gasteiger partial charge in [-0.15, -0.1) is 0 Å². The van der Waals surface area contributed by atoms with Crippen molar-refractivity contribution >= 4 is 34.2 Å². The van der Waals surface area contributed by atoms with Gasteiger partial charge in [-0.05, 0) is 90.8 Å². The Morgan fingerprint density at radius 2 is 1.85 bits per heavy atom. The number of allylic oxidation sites excluding steroid dienone is 1. The van der Waals surface area contributed by atoms with E-state index in [2.05, 4.69) is 62.3 Å². The molecule has 8 atom stereocenters. The Kier molecular flexibility index (Phi) is 15.5. The largest absolute Gasteiger partial charge is 0.491 e. The van der Waals surface area contributed by atoms with Crippen LogP contribution in [-0.4, -0.2) is 125 Å². The second-order valence-corrected chi connectivity index (χ2v) is 18.0. The van der Waals surface area contributed by atoms with Crippen molar-refractivity contribution in [3.63, 3.8) is 0 Å². The quantitative estimate of drug-likeness (QED) is 0.329. The fourth-order valence-electron chi connectivity index (χ4n) is 9.18. The second kappa shape index (κ2) is 20.3. The number of piperazine rings is 1. The summed E-state index contributed by atoms with van der Waals surface area (Å²) in [5.74, 6) is 2.12. The Labute approximate surface area is 336 Å². The zero-order valence-corrected chi connectivity index (χ0v) is 35.1. The average molecular weight is 800 g/mol. The molecule has 0 spiro atoms. The molecule has 7 rings (SSSR count). The lowest BCUT2D eigenvalue weighted by Crippen LogP contribution is -2.59. The summed E-state index contributed by atoms with van der Waals surface area (Å²) in [4.78, 5) is 21.5. The van der Waals surface area contributed by atoms with Crippen LogP contribution in [0.3, 0.4) is 0 Å². The minimum Gasteiger partial charge on any atom is -0.491 e. The molecule has 1 amide bonds. The maximum atomic E-state index is 13.7. The third-order valence-corrected chi connectivity index (χ3v) is 14.1. The third kappa shape index (κ3) is 10.5. The zero-order chi connectivity index (χ0) is 38.9. The number of amides is 1. The predicted octanol–water partition coefficient (Wildman–Crippen LogP) is 6.20. The standard InChI is InChI=1S/C41H57ClN4O5S.C2H6O/c1-4-6-29-19-34(42)11-13-36(29)33-23-46-22-32-9-12-37(32)31(21-44-15-16-45-17-18-50-26-35(45)24-44)8-5-7-28(2)40(27-49-3)52(48)43-41(47)30-10-14-39(51-25-33)38(46)20-30;1-3-2/h5,8,10-11,13-14,19-20,28,31-33,35,37,40H,4,6-7,9,12,15-18,21-27H2,1-3H3,(H,43,47);1-2H3/b8-5+;. The number of halogens is 1. The van der Waals surface area contributed by atoms with Gasteiger partial charge in [0, 0.05) is 89.7 Å². The van der Waals surface area contributed by atoms with Gasteiger partial charge >= 0.3 is 0 Å². The second-order valence-electron chi connectivity index (χ2n) is 16.1. The molecule has 3 fully saturated rings. The number of benzene rings is 2. The van der Waals surface area contributed by atoms with Crippen LogP contribution in [0.15, 0.2) is 48.6 Å². The van der Waals surface area contributed by atoms with E-state index < -0.39 is 11.0 Å². The molecule has 0 aromatic heterocycles. The van der Waals surface area contributed by atoms with Crippen LogP contribution < -0.4 is 14.4 Å². The number of carbonyl (C=O) groups is 1. The monoisotopic (exact) mass is 798 g/mol. The molecule has 0 radical (unpaired) electrons. The SMILES string of the molecule is CCCc1cc(Cl)ccc1C1COc2ccc3cc2N(C1)CC1CCC1C(CN1CCN2CCOCC2C1)/C=C/CC(C)C(COC)S(=O)NC3=O.COC. The summed E-state index contributed by atoms with van der Waals surface area (Å²) >= 11 is 6.50. The van der Waals surface area contributed by atoms with Crippen molar-refractivity contribution in [3.8, 4) is 5.75 Å². The number of rotatable bonds is 7. The molecule has 5 aliphatic rings. The first-order chi connectivity index (χ1) is 26.7. The molecule has 4 heterocycles. The highest BCUT2D eigenvalue weighted by Crippen LogP contribution is 2.45. The van der Waals surface area contributed by atoms with Crippen LogP contribution in [0.25, 0.3) is 0 Å². The summed E-state index contributed by atoms with van der Waals surface area (Å²) in [6, 6.07) is 12.5. The van der Waals surface area contributed by atoms with Crippen LogP contribution in [0.2, 0.25) is 5.02 Å². The van der Waals surface area contributed by atoms with Gasteiger partial charge in [0.1, 0.15) is 16.7 Å². The van der Waals surface area contributed by atoms with Gasteiger partial charge in [0.25, 0.3) is 5.91 Å². The summed E-state index contributed by atoms with van der Waals surface area (Å²) in [7, 11) is 3.26. The number of fused-ring (bicyclic) bond motifs is 3. The zero-order valence-electron chi connectivity index (χ0n) is 33.6. The van der Waals surface area contributed by atoms with Gasteiger partial charge in [-0.1, -0.05) is 50.1 Å². The third-order valence-electron chi connectivity index (χ3n) is 12.3. The molecule has 1 saturated carbocycles. The number of carbonyl (C=O) groups excluding carboxylic acids is 1. The van der Waals surface area contributed by atoms with Crippen molar-refractivity contribution in [1.29, 1.82) is 0 Å². The maximum absolute atomic E-state index is 13.7. The number of ether oxygens (including phenoxy) is 4. The minimum atomic E-state index is -1.62. The van der Waals surface area contributed by atoms with Crippen molar-refractivity contribution in [2.75, 3.05) is 98.5 Å². The molecule has 8 unspecified atom stereocenters. The molecule has 10 nitrogen and oxygen atoms in total. The molecule has 55 heavy (non-hydrogen) atoms. The van der Waals surface area contributed by atoms with Gasteiger partial charge in [0.15, 0.2) is 0 Å². The Morgan fingerprint density at radius 1 is 1.02 bits per heavy atom. The lowest BCUT2D eigenvalue weighted by molar-refractivity contribution is -0.0492. The minimum absolute atomic E-state index is 0.0596. The maximum Gasteiger partial charge on any atom is 0.263 e. The molecule has 4 aliphatic heterocycles. The fourth-order valence-corrected chi connectivity index (χ4v) is 10.6. The molecule has 12 heteroatoms. The summed E-state index contributed by atoms with van der Waals surface area (Å²) < 4.78 is 38.8. The predicted molar refractivity (Wildman–Crippen MR) is 222 cm³/mol. The molecule has 304 valence electrons. The van der Waals surface area contributed by atoms with E-state index in [0.717, 1.165) is 94.7 Å². The number of nitrogens with zero attached hydrogens (tertiary/aromatic N) is 3. The first-order valence-electron chi connectivity index (χ1n) is 20.3. The Bertz CT molecular complexity index is 1630. The van der Waals surface area contributed by atoms with Crippen molar-refractivity contribution in [3.05, 3.63) is 70.3 Å². The molecule has 1 N–H and O–H groups in total. The van der Waals surface area contributed by atoms with Crippen molar-refractivity contribution in [1.82, 2.24) is 14.5 Å².